The van der Waals surface area contributed by atoms with Crippen molar-refractivity contribution in [3.63, 3.8) is 0 Å². The van der Waals surface area contributed by atoms with E-state index in [-0.39, 0.29) is 21.9 Å². The Labute approximate surface area is 120 Å². The van der Waals surface area contributed by atoms with Crippen molar-refractivity contribution < 1.29 is 4.79 Å². The quantitative estimate of drug-likeness (QED) is 0.861. The fourth-order valence-corrected chi connectivity index (χ4v) is 2.15. The molecule has 0 aliphatic rings. The van der Waals surface area contributed by atoms with Gasteiger partial charge in [0.05, 0.1) is 0 Å². The number of amides is 1. The van der Waals surface area contributed by atoms with E-state index >= 15 is 0 Å². The summed E-state index contributed by atoms with van der Waals surface area (Å²) in [7, 11) is 0. The highest BCUT2D eigenvalue weighted by Gasteiger charge is 2.13. The van der Waals surface area contributed by atoms with Crippen LogP contribution in [0.4, 0.5) is 5.69 Å². The maximum Gasteiger partial charge on any atom is 0.255 e. The standard InChI is InChI=1S/C13H11Cl2N3O/c1-7-3-8(2)5-9(4-7)13(19)18-10-11(14)16-6-17-12(10)15/h3-6H,1-2H3,(H,18,19). The van der Waals surface area contributed by atoms with Crippen molar-refractivity contribution in [3.05, 3.63) is 51.5 Å². The molecule has 6 heteroatoms. The molecule has 0 saturated carbocycles. The predicted molar refractivity (Wildman–Crippen MR) is 75.9 cm³/mol. The number of hydrogen-bond donors (Lipinski definition) is 1. The molecule has 0 fully saturated rings. The second-order valence-corrected chi connectivity index (χ2v) is 4.88. The van der Waals surface area contributed by atoms with Gasteiger partial charge in [-0.15, -0.1) is 0 Å². The lowest BCUT2D eigenvalue weighted by molar-refractivity contribution is 0.102. The Morgan fingerprint density at radius 3 is 2.11 bits per heavy atom. The van der Waals surface area contributed by atoms with Crippen LogP contribution in [-0.4, -0.2) is 15.9 Å². The Morgan fingerprint density at radius 2 is 1.58 bits per heavy atom. The summed E-state index contributed by atoms with van der Waals surface area (Å²) in [4.78, 5) is 19.7. The summed E-state index contributed by atoms with van der Waals surface area (Å²) in [5.41, 5.74) is 2.77. The molecule has 0 unspecified atom stereocenters. The van der Waals surface area contributed by atoms with Crippen LogP contribution in [-0.2, 0) is 0 Å². The molecular weight excluding hydrogens is 285 g/mol. The third-order valence-electron chi connectivity index (χ3n) is 2.48. The number of hydrogen-bond acceptors (Lipinski definition) is 3. The fraction of sp³-hybridized carbons (Fsp3) is 0.154. The van der Waals surface area contributed by atoms with Gasteiger partial charge in [-0.2, -0.15) is 0 Å². The van der Waals surface area contributed by atoms with Crippen LogP contribution in [0.25, 0.3) is 0 Å². The summed E-state index contributed by atoms with van der Waals surface area (Å²) in [6.07, 6.45) is 1.23. The van der Waals surface area contributed by atoms with Crippen LogP contribution >= 0.6 is 23.2 Å². The zero-order chi connectivity index (χ0) is 14.0. The molecule has 19 heavy (non-hydrogen) atoms. The van der Waals surface area contributed by atoms with Crippen LogP contribution in [0, 0.1) is 13.8 Å². The third-order valence-corrected chi connectivity index (χ3v) is 3.05. The summed E-state index contributed by atoms with van der Waals surface area (Å²) >= 11 is 11.7. The van der Waals surface area contributed by atoms with Crippen molar-refractivity contribution in [1.29, 1.82) is 0 Å². The predicted octanol–water partition coefficient (Wildman–Crippen LogP) is 3.65. The number of nitrogens with one attached hydrogen (secondary N) is 1. The lowest BCUT2D eigenvalue weighted by atomic mass is 10.1. The summed E-state index contributed by atoms with van der Waals surface area (Å²) in [6, 6.07) is 5.56. The molecule has 2 aromatic rings. The van der Waals surface area contributed by atoms with Gasteiger partial charge in [-0.1, -0.05) is 40.4 Å². The SMILES string of the molecule is Cc1cc(C)cc(C(=O)Nc2c(Cl)ncnc2Cl)c1. The third kappa shape index (κ3) is 3.22. The number of nitrogens with zero attached hydrogens (tertiary/aromatic N) is 2. The molecule has 1 aromatic heterocycles. The molecule has 0 aliphatic heterocycles. The number of carbonyl (C=O) groups excluding carboxylic acids is 1. The highest BCUT2D eigenvalue weighted by molar-refractivity contribution is 6.38. The maximum absolute atomic E-state index is 12.1. The van der Waals surface area contributed by atoms with Crippen molar-refractivity contribution in [3.8, 4) is 0 Å². The molecule has 4 nitrogen and oxygen atoms in total. The van der Waals surface area contributed by atoms with Gasteiger partial charge in [-0.3, -0.25) is 4.79 Å². The minimum atomic E-state index is -0.301. The molecule has 0 spiro atoms. The lowest BCUT2D eigenvalue weighted by Crippen LogP contribution is -2.13. The summed E-state index contributed by atoms with van der Waals surface area (Å²) < 4.78 is 0. The number of anilines is 1. The molecule has 0 bridgehead atoms. The van der Waals surface area contributed by atoms with Crippen LogP contribution in [0.5, 0.6) is 0 Å². The first-order valence-corrected chi connectivity index (χ1v) is 6.28. The molecule has 0 atom stereocenters. The van der Waals surface area contributed by atoms with Gasteiger partial charge in [0.1, 0.15) is 12.0 Å². The van der Waals surface area contributed by atoms with Crippen molar-refractivity contribution in [2.45, 2.75) is 13.8 Å². The summed E-state index contributed by atoms with van der Waals surface area (Å²) in [5.74, 6) is -0.301. The topological polar surface area (TPSA) is 54.9 Å². The van der Waals surface area contributed by atoms with Crippen molar-refractivity contribution in [2.75, 3.05) is 5.32 Å². The smallest absolute Gasteiger partial charge is 0.255 e. The minimum absolute atomic E-state index is 0.109. The number of aromatic nitrogens is 2. The molecular formula is C13H11Cl2N3O. The number of rotatable bonds is 2. The zero-order valence-corrected chi connectivity index (χ0v) is 11.9. The first-order chi connectivity index (χ1) is 8.97. The van der Waals surface area contributed by atoms with E-state index in [1.165, 1.54) is 6.33 Å². The molecule has 1 heterocycles. The Hall–Kier alpha value is -1.65. The first kappa shape index (κ1) is 13.8. The van der Waals surface area contributed by atoms with Gasteiger partial charge in [-0.05, 0) is 26.0 Å². The van der Waals surface area contributed by atoms with Gasteiger partial charge in [0.15, 0.2) is 10.3 Å². The van der Waals surface area contributed by atoms with E-state index in [0.29, 0.717) is 5.56 Å². The number of aryl methyl sites for hydroxylation is 2. The molecule has 2 rings (SSSR count). The summed E-state index contributed by atoms with van der Waals surface area (Å²) in [6.45, 7) is 3.85. The zero-order valence-electron chi connectivity index (χ0n) is 10.4. The molecule has 0 aliphatic carbocycles. The molecule has 0 saturated heterocycles. The second-order valence-electron chi connectivity index (χ2n) is 4.16. The largest absolute Gasteiger partial charge is 0.317 e. The van der Waals surface area contributed by atoms with Crippen LogP contribution < -0.4 is 5.32 Å². The van der Waals surface area contributed by atoms with E-state index in [1.54, 1.807) is 12.1 Å². The highest BCUT2D eigenvalue weighted by Crippen LogP contribution is 2.26. The lowest BCUT2D eigenvalue weighted by Gasteiger charge is -2.08. The Balaban J connectivity index is 2.31. The molecule has 1 amide bonds. The number of carbonyl (C=O) groups is 1. The molecule has 1 aromatic carbocycles. The molecule has 98 valence electrons. The van der Waals surface area contributed by atoms with Crippen LogP contribution in [0.15, 0.2) is 24.5 Å². The van der Waals surface area contributed by atoms with Gasteiger partial charge in [0.25, 0.3) is 5.91 Å². The number of benzene rings is 1. The second kappa shape index (κ2) is 5.55. The summed E-state index contributed by atoms with van der Waals surface area (Å²) in [5, 5.41) is 2.84. The Kier molecular flexibility index (Phi) is 4.02. The van der Waals surface area contributed by atoms with Gasteiger partial charge < -0.3 is 5.32 Å². The maximum atomic E-state index is 12.1. The molecule has 1 N–H and O–H groups in total. The average Bonchev–Trinajstić information content (AvgIpc) is 2.32. The van der Waals surface area contributed by atoms with E-state index < -0.39 is 0 Å². The first-order valence-electron chi connectivity index (χ1n) is 5.53. The minimum Gasteiger partial charge on any atom is -0.317 e. The normalized spacial score (nSPS) is 10.3. The average molecular weight is 296 g/mol. The fourth-order valence-electron chi connectivity index (χ4n) is 1.74. The van der Waals surface area contributed by atoms with E-state index in [1.807, 2.05) is 19.9 Å². The van der Waals surface area contributed by atoms with Crippen molar-refractivity contribution in [2.24, 2.45) is 0 Å². The number of halogens is 2. The van der Waals surface area contributed by atoms with Crippen molar-refractivity contribution in [1.82, 2.24) is 9.97 Å². The van der Waals surface area contributed by atoms with E-state index in [4.69, 9.17) is 23.2 Å². The van der Waals surface area contributed by atoms with Crippen LogP contribution in [0.1, 0.15) is 21.5 Å². The van der Waals surface area contributed by atoms with Crippen LogP contribution in [0.2, 0.25) is 10.3 Å². The van der Waals surface area contributed by atoms with Gasteiger partial charge in [0.2, 0.25) is 0 Å². The highest BCUT2D eigenvalue weighted by atomic mass is 35.5. The molecule has 0 radical (unpaired) electrons. The Bertz CT molecular complexity index is 603. The van der Waals surface area contributed by atoms with Crippen LogP contribution in [0.3, 0.4) is 0 Å². The monoisotopic (exact) mass is 295 g/mol. The van der Waals surface area contributed by atoms with Gasteiger partial charge in [0, 0.05) is 5.56 Å². The van der Waals surface area contributed by atoms with E-state index in [0.717, 1.165) is 11.1 Å². The van der Waals surface area contributed by atoms with Gasteiger partial charge in [-0.25, -0.2) is 9.97 Å². The van der Waals surface area contributed by atoms with E-state index in [9.17, 15) is 4.79 Å². The van der Waals surface area contributed by atoms with Crippen molar-refractivity contribution >= 4 is 34.8 Å². The van der Waals surface area contributed by atoms with Gasteiger partial charge >= 0.3 is 0 Å². The van der Waals surface area contributed by atoms with E-state index in [2.05, 4.69) is 15.3 Å². The Morgan fingerprint density at radius 1 is 1.05 bits per heavy atom.